The van der Waals surface area contributed by atoms with Crippen molar-refractivity contribution < 1.29 is 13.2 Å². The average Bonchev–Trinajstić information content (AvgIpc) is 2.60. The number of hydrogen-bond donors (Lipinski definition) is 2. The molecule has 1 unspecified atom stereocenters. The van der Waals surface area contributed by atoms with Gasteiger partial charge in [0.05, 0.1) is 4.90 Å². The summed E-state index contributed by atoms with van der Waals surface area (Å²) in [5.74, 6) is 0.425. The van der Waals surface area contributed by atoms with Crippen LogP contribution in [-0.2, 0) is 10.0 Å². The highest BCUT2D eigenvalue weighted by molar-refractivity contribution is 7.89. The minimum atomic E-state index is -3.56. The molecular formula is C17H25N3O3S. The quantitative estimate of drug-likeness (QED) is 0.724. The van der Waals surface area contributed by atoms with Gasteiger partial charge < -0.3 is 10.2 Å². The summed E-state index contributed by atoms with van der Waals surface area (Å²) in [4.78, 5) is 14.6. The van der Waals surface area contributed by atoms with Crippen molar-refractivity contribution in [2.24, 2.45) is 5.92 Å². The van der Waals surface area contributed by atoms with Crippen molar-refractivity contribution >= 4 is 15.9 Å². The van der Waals surface area contributed by atoms with Gasteiger partial charge in [-0.3, -0.25) is 4.79 Å². The molecular weight excluding hydrogens is 326 g/mol. The number of piperidine rings is 1. The maximum atomic E-state index is 12.6. The van der Waals surface area contributed by atoms with Gasteiger partial charge in [0.1, 0.15) is 0 Å². The first-order valence-corrected chi connectivity index (χ1v) is 9.60. The first-order valence-electron chi connectivity index (χ1n) is 8.12. The molecule has 1 aromatic carbocycles. The van der Waals surface area contributed by atoms with Crippen molar-refractivity contribution in [1.82, 2.24) is 14.9 Å². The van der Waals surface area contributed by atoms with Gasteiger partial charge in [0, 0.05) is 25.2 Å². The second-order valence-corrected chi connectivity index (χ2v) is 7.75. The van der Waals surface area contributed by atoms with E-state index in [0.29, 0.717) is 11.5 Å². The number of carbonyl (C=O) groups is 1. The third-order valence-electron chi connectivity index (χ3n) is 4.13. The van der Waals surface area contributed by atoms with Gasteiger partial charge in [0.25, 0.3) is 5.91 Å². The van der Waals surface area contributed by atoms with E-state index in [1.165, 1.54) is 18.2 Å². The summed E-state index contributed by atoms with van der Waals surface area (Å²) in [6.45, 7) is 6.04. The van der Waals surface area contributed by atoms with E-state index in [9.17, 15) is 13.2 Å². The number of amides is 1. The predicted molar refractivity (Wildman–Crippen MR) is 94.4 cm³/mol. The van der Waals surface area contributed by atoms with Crippen LogP contribution in [0.2, 0.25) is 0 Å². The fraction of sp³-hybridized carbons (Fsp3) is 0.471. The summed E-state index contributed by atoms with van der Waals surface area (Å²) >= 11 is 0. The van der Waals surface area contributed by atoms with Gasteiger partial charge in [-0.1, -0.05) is 6.08 Å². The van der Waals surface area contributed by atoms with Crippen molar-refractivity contribution in [2.75, 3.05) is 33.2 Å². The number of nitrogens with one attached hydrogen (secondary N) is 2. The third-order valence-corrected chi connectivity index (χ3v) is 5.57. The van der Waals surface area contributed by atoms with E-state index < -0.39 is 10.0 Å². The number of hydrogen-bond acceptors (Lipinski definition) is 4. The molecule has 0 bridgehead atoms. The van der Waals surface area contributed by atoms with Gasteiger partial charge in [0.15, 0.2) is 0 Å². The summed E-state index contributed by atoms with van der Waals surface area (Å²) in [6, 6.07) is 6.08. The number of rotatable bonds is 7. The van der Waals surface area contributed by atoms with Gasteiger partial charge in [0.2, 0.25) is 10.0 Å². The number of nitrogens with zero attached hydrogens (tertiary/aromatic N) is 1. The van der Waals surface area contributed by atoms with Crippen LogP contribution in [0.15, 0.2) is 41.8 Å². The van der Waals surface area contributed by atoms with E-state index in [4.69, 9.17) is 0 Å². The SMILES string of the molecule is C=CCNS(=O)(=O)c1ccc(C(=O)N2CCCC(CNC)C2)cc1. The minimum Gasteiger partial charge on any atom is -0.338 e. The Morgan fingerprint density at radius 2 is 2.08 bits per heavy atom. The Kier molecular flexibility index (Phi) is 6.53. The van der Waals surface area contributed by atoms with E-state index in [1.807, 2.05) is 11.9 Å². The molecule has 1 saturated heterocycles. The summed E-state index contributed by atoms with van der Waals surface area (Å²) in [6.07, 6.45) is 3.60. The number of sulfonamides is 1. The van der Waals surface area contributed by atoms with E-state index in [0.717, 1.165) is 32.5 Å². The van der Waals surface area contributed by atoms with Crippen LogP contribution in [0.5, 0.6) is 0 Å². The lowest BCUT2D eigenvalue weighted by Crippen LogP contribution is -2.42. The van der Waals surface area contributed by atoms with Gasteiger partial charge in [-0.05, 0) is 56.6 Å². The topological polar surface area (TPSA) is 78.5 Å². The summed E-state index contributed by atoms with van der Waals surface area (Å²) < 4.78 is 26.5. The molecule has 0 saturated carbocycles. The van der Waals surface area contributed by atoms with Crippen molar-refractivity contribution in [1.29, 1.82) is 0 Å². The number of benzene rings is 1. The van der Waals surface area contributed by atoms with Gasteiger partial charge in [-0.25, -0.2) is 13.1 Å². The van der Waals surface area contributed by atoms with Gasteiger partial charge in [-0.2, -0.15) is 0 Å². The fourth-order valence-corrected chi connectivity index (χ4v) is 3.91. The van der Waals surface area contributed by atoms with Crippen LogP contribution in [0.1, 0.15) is 23.2 Å². The standard InChI is InChI=1S/C17H25N3O3S/c1-3-10-19-24(22,23)16-8-6-15(7-9-16)17(21)20-11-4-5-14(13-20)12-18-2/h3,6-9,14,18-19H,1,4-5,10-13H2,2H3. The van der Waals surface area contributed by atoms with Crippen LogP contribution in [0.4, 0.5) is 0 Å². The highest BCUT2D eigenvalue weighted by Gasteiger charge is 2.24. The monoisotopic (exact) mass is 351 g/mol. The van der Waals surface area contributed by atoms with Crippen molar-refractivity contribution in [2.45, 2.75) is 17.7 Å². The zero-order valence-corrected chi connectivity index (χ0v) is 14.8. The molecule has 0 aliphatic carbocycles. The van der Waals surface area contributed by atoms with Crippen molar-refractivity contribution in [3.8, 4) is 0 Å². The molecule has 1 aliphatic rings. The van der Waals surface area contributed by atoms with E-state index in [-0.39, 0.29) is 17.3 Å². The number of carbonyl (C=O) groups excluding carboxylic acids is 1. The fourth-order valence-electron chi connectivity index (χ4n) is 2.92. The van der Waals surface area contributed by atoms with Crippen molar-refractivity contribution in [3.63, 3.8) is 0 Å². The van der Waals surface area contributed by atoms with Crippen LogP contribution in [0.3, 0.4) is 0 Å². The van der Waals surface area contributed by atoms with Crippen LogP contribution in [0, 0.1) is 5.92 Å². The molecule has 1 amide bonds. The Morgan fingerprint density at radius 3 is 2.71 bits per heavy atom. The van der Waals surface area contributed by atoms with Gasteiger partial charge in [-0.15, -0.1) is 6.58 Å². The van der Waals surface area contributed by atoms with E-state index in [2.05, 4.69) is 16.6 Å². The molecule has 0 aromatic heterocycles. The first-order chi connectivity index (χ1) is 11.5. The van der Waals surface area contributed by atoms with Crippen LogP contribution >= 0.6 is 0 Å². The molecule has 24 heavy (non-hydrogen) atoms. The molecule has 2 rings (SSSR count). The lowest BCUT2D eigenvalue weighted by Gasteiger charge is -2.32. The predicted octanol–water partition coefficient (Wildman–Crippen LogP) is 1.22. The molecule has 1 fully saturated rings. The summed E-state index contributed by atoms with van der Waals surface area (Å²) in [5, 5.41) is 3.16. The molecule has 1 aliphatic heterocycles. The minimum absolute atomic E-state index is 0.0428. The molecule has 6 nitrogen and oxygen atoms in total. The average molecular weight is 351 g/mol. The maximum absolute atomic E-state index is 12.6. The summed E-state index contributed by atoms with van der Waals surface area (Å²) in [5.41, 5.74) is 0.516. The Morgan fingerprint density at radius 1 is 1.38 bits per heavy atom. The molecule has 132 valence electrons. The molecule has 0 radical (unpaired) electrons. The number of likely N-dealkylation sites (tertiary alicyclic amines) is 1. The second kappa shape index (κ2) is 8.41. The van der Waals surface area contributed by atoms with E-state index >= 15 is 0 Å². The lowest BCUT2D eigenvalue weighted by molar-refractivity contribution is 0.0674. The van der Waals surface area contributed by atoms with Crippen LogP contribution in [-0.4, -0.2) is 52.5 Å². The zero-order chi connectivity index (χ0) is 17.6. The summed E-state index contributed by atoms with van der Waals surface area (Å²) in [7, 11) is -1.64. The molecule has 1 aromatic rings. The van der Waals surface area contributed by atoms with Crippen LogP contribution < -0.4 is 10.0 Å². The Hall–Kier alpha value is -1.70. The van der Waals surface area contributed by atoms with Crippen LogP contribution in [0.25, 0.3) is 0 Å². The highest BCUT2D eigenvalue weighted by Crippen LogP contribution is 2.19. The van der Waals surface area contributed by atoms with Gasteiger partial charge >= 0.3 is 0 Å². The lowest BCUT2D eigenvalue weighted by atomic mass is 9.97. The second-order valence-electron chi connectivity index (χ2n) is 5.98. The molecule has 2 N–H and O–H groups in total. The zero-order valence-electron chi connectivity index (χ0n) is 14.0. The Labute approximate surface area is 144 Å². The van der Waals surface area contributed by atoms with Crippen molar-refractivity contribution in [3.05, 3.63) is 42.5 Å². The molecule has 1 atom stereocenters. The molecule has 1 heterocycles. The maximum Gasteiger partial charge on any atom is 0.253 e. The Bertz CT molecular complexity index is 669. The molecule has 7 heteroatoms. The smallest absolute Gasteiger partial charge is 0.253 e. The normalized spacial score (nSPS) is 18.4. The first kappa shape index (κ1) is 18.6. The van der Waals surface area contributed by atoms with E-state index in [1.54, 1.807) is 12.1 Å². The highest BCUT2D eigenvalue weighted by atomic mass is 32.2. The Balaban J connectivity index is 2.07. The third kappa shape index (κ3) is 4.66. The molecule has 0 spiro atoms. The largest absolute Gasteiger partial charge is 0.338 e.